The molecule has 0 spiro atoms. The first kappa shape index (κ1) is 45.7. The van der Waals surface area contributed by atoms with Crippen LogP contribution in [0.1, 0.15) is 81.3 Å². The van der Waals surface area contributed by atoms with Gasteiger partial charge in [-0.05, 0) is 92.7 Å². The summed E-state index contributed by atoms with van der Waals surface area (Å²) in [6.07, 6.45) is 6.67. The van der Waals surface area contributed by atoms with Crippen LogP contribution in [0.4, 0.5) is 9.59 Å². The molecule has 3 aromatic carbocycles. The van der Waals surface area contributed by atoms with Crippen LogP contribution in [0.15, 0.2) is 60.8 Å². The molecule has 6 aromatic rings. The molecule has 350 valence electrons. The van der Waals surface area contributed by atoms with Crippen LogP contribution in [-0.2, 0) is 35.4 Å². The van der Waals surface area contributed by atoms with Gasteiger partial charge in [0.05, 0.1) is 43.2 Å². The third-order valence-corrected chi connectivity index (χ3v) is 15.6. The molecule has 4 amide bonds. The van der Waals surface area contributed by atoms with Crippen molar-refractivity contribution in [2.45, 2.75) is 89.0 Å². The molecule has 18 heteroatoms. The van der Waals surface area contributed by atoms with Gasteiger partial charge in [-0.3, -0.25) is 13.8 Å². The number of aromatic nitrogens is 4. The highest BCUT2D eigenvalue weighted by Gasteiger charge is 2.59. The Morgan fingerprint density at radius 1 is 0.923 bits per heavy atom. The smallest absolute Gasteiger partial charge is 0.407 e. The number of carbonyl (C=O) groups excluding carboxylic acids is 4. The van der Waals surface area contributed by atoms with Gasteiger partial charge in [0.15, 0.2) is 0 Å². The number of rotatable bonds is 12. The Bertz CT molecular complexity index is 2840. The SMILES string of the molecule is COC(=O)N[C@@H](CCS(C)=O)C(=O)N1[C@@H]2CC[C@@H](C2)C1(C)c1nc2ccc(-c3ccc4c(c3)sc3cc(-c5cnc([C@@H]6CCCN6C(=O)[C@@H](NC(=O)OC)C(C)C)[nH]5)ccc34)cc2[nH]1.O.[HH].[HH].[HH]. The number of hydrogen-bond acceptors (Lipinski definition) is 10. The van der Waals surface area contributed by atoms with Crippen LogP contribution in [0.25, 0.3) is 53.6 Å². The zero-order valence-corrected chi connectivity index (χ0v) is 39.0. The van der Waals surface area contributed by atoms with Crippen molar-refractivity contribution >= 4 is 77.3 Å². The summed E-state index contributed by atoms with van der Waals surface area (Å²) in [5.41, 5.74) is 4.93. The molecule has 6 N–H and O–H groups in total. The quantitative estimate of drug-likeness (QED) is 0.0944. The number of nitrogens with zero attached hydrogens (tertiary/aromatic N) is 4. The van der Waals surface area contributed by atoms with Gasteiger partial charge >= 0.3 is 12.2 Å². The number of amides is 4. The lowest BCUT2D eigenvalue weighted by Crippen LogP contribution is -2.58. The monoisotopic (exact) mass is 930 g/mol. The number of aromatic amines is 2. The Hall–Kier alpha value is -5.85. The molecule has 65 heavy (non-hydrogen) atoms. The number of ether oxygens (including phenoxy) is 2. The predicted octanol–water partition coefficient (Wildman–Crippen LogP) is 7.66. The summed E-state index contributed by atoms with van der Waals surface area (Å²) in [4.78, 5) is 73.1. The van der Waals surface area contributed by atoms with Crippen LogP contribution in [0.2, 0.25) is 0 Å². The number of fused-ring (bicyclic) bond motifs is 6. The van der Waals surface area contributed by atoms with Gasteiger partial charge in [-0.15, -0.1) is 11.3 Å². The van der Waals surface area contributed by atoms with Crippen LogP contribution in [-0.4, -0.2) is 114 Å². The molecule has 2 bridgehead atoms. The van der Waals surface area contributed by atoms with Gasteiger partial charge in [-0.1, -0.05) is 44.2 Å². The first-order chi connectivity index (χ1) is 30.8. The Morgan fingerprint density at radius 3 is 2.31 bits per heavy atom. The Morgan fingerprint density at radius 2 is 1.60 bits per heavy atom. The fraction of sp³-hybridized carbons (Fsp3) is 0.447. The van der Waals surface area contributed by atoms with E-state index < -0.39 is 40.6 Å². The van der Waals surface area contributed by atoms with Crippen molar-refractivity contribution in [3.8, 4) is 22.4 Å². The Kier molecular flexibility index (Phi) is 12.8. The minimum atomic E-state index is -1.14. The van der Waals surface area contributed by atoms with Gasteiger partial charge in [0.25, 0.3) is 0 Å². The number of hydrogen-bond donors (Lipinski definition) is 4. The van der Waals surface area contributed by atoms with Crippen LogP contribution < -0.4 is 10.6 Å². The normalized spacial score (nSPS) is 21.7. The number of carbonyl (C=O) groups is 4. The zero-order valence-electron chi connectivity index (χ0n) is 37.4. The summed E-state index contributed by atoms with van der Waals surface area (Å²) in [7, 11) is 1.42. The van der Waals surface area contributed by atoms with Gasteiger partial charge in [0.1, 0.15) is 29.3 Å². The maximum absolute atomic E-state index is 14.3. The maximum Gasteiger partial charge on any atom is 0.407 e. The summed E-state index contributed by atoms with van der Waals surface area (Å²) < 4.78 is 24.0. The molecular weight excluding hydrogens is 869 g/mol. The van der Waals surface area contributed by atoms with Crippen molar-refractivity contribution in [2.24, 2.45) is 11.8 Å². The summed E-state index contributed by atoms with van der Waals surface area (Å²) in [6.45, 7) is 6.48. The van der Waals surface area contributed by atoms with Crippen molar-refractivity contribution < 1.29 is 42.6 Å². The number of methoxy groups -OCH3 is 2. The largest absolute Gasteiger partial charge is 0.453 e. The molecule has 2 unspecified atom stereocenters. The molecule has 2 saturated heterocycles. The van der Waals surface area contributed by atoms with Gasteiger partial charge in [-0.25, -0.2) is 19.6 Å². The average Bonchev–Trinajstić information content (AvgIpc) is 4.15. The van der Waals surface area contributed by atoms with E-state index in [9.17, 15) is 23.4 Å². The van der Waals surface area contributed by atoms with Crippen LogP contribution in [0, 0.1) is 11.8 Å². The zero-order chi connectivity index (χ0) is 45.0. The van der Waals surface area contributed by atoms with E-state index in [-0.39, 0.29) is 57.7 Å². The molecule has 3 aromatic heterocycles. The fourth-order valence-electron chi connectivity index (χ4n) is 10.3. The van der Waals surface area contributed by atoms with Crippen molar-refractivity contribution in [1.82, 2.24) is 40.4 Å². The Balaban J connectivity index is 0.00000216. The fourth-order valence-corrected chi connectivity index (χ4v) is 12.1. The number of H-pyrrole nitrogens is 2. The van der Waals surface area contributed by atoms with E-state index in [0.29, 0.717) is 6.54 Å². The topological polar surface area (TPSA) is 223 Å². The van der Waals surface area contributed by atoms with E-state index in [1.807, 2.05) is 35.9 Å². The lowest BCUT2D eigenvalue weighted by atomic mass is 9.83. The molecule has 16 nitrogen and oxygen atoms in total. The van der Waals surface area contributed by atoms with Gasteiger partial charge in [-0.2, -0.15) is 0 Å². The number of thiophene rings is 1. The molecule has 1 saturated carbocycles. The molecule has 3 fully saturated rings. The second-order valence-electron chi connectivity index (χ2n) is 17.8. The van der Waals surface area contributed by atoms with E-state index >= 15 is 0 Å². The molecule has 7 atom stereocenters. The number of likely N-dealkylation sites (tertiary alicyclic amines) is 2. The van der Waals surface area contributed by atoms with Crippen LogP contribution in [0.3, 0.4) is 0 Å². The van der Waals surface area contributed by atoms with E-state index in [2.05, 4.69) is 76.1 Å². The Labute approximate surface area is 387 Å². The molecule has 2 aliphatic heterocycles. The highest BCUT2D eigenvalue weighted by Crippen LogP contribution is 2.54. The highest BCUT2D eigenvalue weighted by molar-refractivity contribution is 7.84. The van der Waals surface area contributed by atoms with E-state index in [4.69, 9.17) is 19.4 Å². The van der Waals surface area contributed by atoms with E-state index in [0.717, 1.165) is 86.6 Å². The van der Waals surface area contributed by atoms with Crippen molar-refractivity contribution in [2.75, 3.05) is 32.8 Å². The number of imidazole rings is 2. The lowest BCUT2D eigenvalue weighted by Gasteiger charge is -2.44. The number of nitrogens with one attached hydrogen (secondary N) is 4. The average molecular weight is 931 g/mol. The van der Waals surface area contributed by atoms with Crippen molar-refractivity contribution in [3.63, 3.8) is 0 Å². The second kappa shape index (κ2) is 18.2. The minimum Gasteiger partial charge on any atom is -0.453 e. The number of benzene rings is 3. The molecule has 9 rings (SSSR count). The predicted molar refractivity (Wildman–Crippen MR) is 258 cm³/mol. The number of piperidine rings is 1. The summed E-state index contributed by atoms with van der Waals surface area (Å²) >= 11 is 1.73. The van der Waals surface area contributed by atoms with E-state index in [1.165, 1.54) is 25.0 Å². The minimum absolute atomic E-state index is 0. The highest BCUT2D eigenvalue weighted by atomic mass is 32.2. The van der Waals surface area contributed by atoms with Gasteiger partial charge in [0.2, 0.25) is 11.8 Å². The van der Waals surface area contributed by atoms with Gasteiger partial charge in [0, 0.05) is 65.4 Å². The molecule has 3 aliphatic rings. The summed E-state index contributed by atoms with van der Waals surface area (Å²) in [5.74, 6) is 1.45. The van der Waals surface area contributed by atoms with Crippen molar-refractivity contribution in [3.05, 3.63) is 72.4 Å². The number of alkyl carbamates (subject to hydrolysis) is 2. The summed E-state index contributed by atoms with van der Waals surface area (Å²) in [5, 5.41) is 7.76. The standard InChI is InChI=1S/C47H54N8O7S2.H2O.3H2/c1-25(2)40(53-46(59)62-5)43(57)54-18-7-8-37(54)41-48-24-36(49-41)28-10-15-32-31-14-9-27(21-38(31)63-39(32)22-28)26-11-16-33-35(20-26)51-44(50-33)47(3)29-12-13-30(23-29)55(47)42(56)34(17-19-64(6)60)52-45(58)61-4;;;;/h9-11,14-16,20-22,24-25,29-30,34,37,40H,7-8,12-13,17-19,23H2,1-6H3,(H,48,49)(H,50,51)(H,52,58)(H,53,59);1H2;3*1H/t29-,30+,34-,37-,40-,47?,64?;;;;/m0..../s1. The summed E-state index contributed by atoms with van der Waals surface area (Å²) in [6, 6.07) is 17.5. The maximum atomic E-state index is 14.3. The molecule has 0 radical (unpaired) electrons. The molecule has 1 aliphatic carbocycles. The third-order valence-electron chi connectivity index (χ3n) is 13.7. The second-order valence-corrected chi connectivity index (χ2v) is 20.5. The lowest BCUT2D eigenvalue weighted by molar-refractivity contribution is -0.143. The van der Waals surface area contributed by atoms with Crippen LogP contribution in [0.5, 0.6) is 0 Å². The van der Waals surface area contributed by atoms with Crippen molar-refractivity contribution in [1.29, 1.82) is 0 Å². The van der Waals surface area contributed by atoms with Crippen LogP contribution >= 0.6 is 11.3 Å². The van der Waals surface area contributed by atoms with Gasteiger partial charge < -0.3 is 45.4 Å². The van der Waals surface area contributed by atoms with E-state index in [1.54, 1.807) is 17.6 Å². The third kappa shape index (κ3) is 8.35. The first-order valence-corrected chi connectivity index (χ1v) is 24.5. The molecular formula is C47H62N8O8S2. The molecule has 5 heterocycles. The first-order valence-electron chi connectivity index (χ1n) is 21.9.